The zero-order valence-corrected chi connectivity index (χ0v) is 12.0. The van der Waals surface area contributed by atoms with Crippen LogP contribution in [0.2, 0.25) is 0 Å². The summed E-state index contributed by atoms with van der Waals surface area (Å²) in [6.07, 6.45) is 7.74. The molecule has 1 saturated heterocycles. The fourth-order valence-electron chi connectivity index (χ4n) is 2.53. The number of rotatable bonds is 3. The van der Waals surface area contributed by atoms with Crippen molar-refractivity contribution in [2.75, 3.05) is 16.9 Å². The van der Waals surface area contributed by atoms with Crippen LogP contribution in [0.5, 0.6) is 0 Å². The van der Waals surface area contributed by atoms with Crippen LogP contribution in [0.25, 0.3) is 5.95 Å². The molecule has 0 bridgehead atoms. The Morgan fingerprint density at radius 3 is 2.81 bits per heavy atom. The number of hydrazine groups is 1. The van der Waals surface area contributed by atoms with Crippen LogP contribution >= 0.6 is 0 Å². The maximum absolute atomic E-state index is 5.47. The van der Waals surface area contributed by atoms with E-state index >= 15 is 0 Å². The predicted molar refractivity (Wildman–Crippen MR) is 77.8 cm³/mol. The second-order valence-corrected chi connectivity index (χ2v) is 5.14. The Bertz CT molecular complexity index is 582. The van der Waals surface area contributed by atoms with Crippen molar-refractivity contribution >= 4 is 11.9 Å². The molecule has 2 aromatic heterocycles. The molecule has 0 spiro atoms. The molecule has 0 aliphatic carbocycles. The minimum Gasteiger partial charge on any atom is -0.338 e. The predicted octanol–water partition coefficient (Wildman–Crippen LogP) is 0.507. The van der Waals surface area contributed by atoms with Gasteiger partial charge in [-0.15, -0.1) is 0 Å². The summed E-state index contributed by atoms with van der Waals surface area (Å²) in [6, 6.07) is 0.393. The van der Waals surface area contributed by atoms with Crippen LogP contribution in [0, 0.1) is 0 Å². The zero-order valence-electron chi connectivity index (χ0n) is 12.0. The number of nitrogens with zero attached hydrogens (tertiary/aromatic N) is 7. The molecule has 2 aromatic rings. The molecule has 9 heteroatoms. The van der Waals surface area contributed by atoms with Crippen molar-refractivity contribution in [3.05, 3.63) is 12.7 Å². The molecule has 0 aromatic carbocycles. The molecular formula is C12H19N9. The Kier molecular flexibility index (Phi) is 3.91. The average Bonchev–Trinajstić information content (AvgIpc) is 2.96. The number of nitrogen functional groups attached to an aromatic ring is 1. The molecule has 1 aliphatic rings. The third-order valence-electron chi connectivity index (χ3n) is 3.67. The van der Waals surface area contributed by atoms with Gasteiger partial charge in [-0.25, -0.2) is 10.8 Å². The molecule has 9 nitrogen and oxygen atoms in total. The highest BCUT2D eigenvalue weighted by molar-refractivity contribution is 5.40. The minimum absolute atomic E-state index is 0.321. The van der Waals surface area contributed by atoms with E-state index < -0.39 is 0 Å². The Morgan fingerprint density at radius 2 is 2.05 bits per heavy atom. The molecule has 112 valence electrons. The topological polar surface area (TPSA) is 111 Å². The van der Waals surface area contributed by atoms with Gasteiger partial charge in [-0.3, -0.25) is 5.43 Å². The Labute approximate surface area is 122 Å². The van der Waals surface area contributed by atoms with Gasteiger partial charge in [0.15, 0.2) is 0 Å². The van der Waals surface area contributed by atoms with E-state index in [1.165, 1.54) is 23.9 Å². The molecule has 1 fully saturated rings. The summed E-state index contributed by atoms with van der Waals surface area (Å²) in [5, 5.41) is 4.05. The number of nitrogens with two attached hydrogens (primary N) is 1. The summed E-state index contributed by atoms with van der Waals surface area (Å²) >= 11 is 0. The van der Waals surface area contributed by atoms with E-state index in [0.717, 1.165) is 19.4 Å². The van der Waals surface area contributed by atoms with Gasteiger partial charge < -0.3 is 4.90 Å². The van der Waals surface area contributed by atoms with Crippen molar-refractivity contribution in [2.24, 2.45) is 5.84 Å². The van der Waals surface area contributed by atoms with Crippen molar-refractivity contribution in [1.82, 2.24) is 29.7 Å². The molecule has 0 saturated carbocycles. The highest BCUT2D eigenvalue weighted by Crippen LogP contribution is 2.22. The highest BCUT2D eigenvalue weighted by Gasteiger charge is 2.21. The molecule has 3 rings (SSSR count). The minimum atomic E-state index is 0.321. The smallest absolute Gasteiger partial charge is 0.258 e. The van der Waals surface area contributed by atoms with Crippen LogP contribution < -0.4 is 16.2 Å². The van der Waals surface area contributed by atoms with E-state index in [9.17, 15) is 0 Å². The summed E-state index contributed by atoms with van der Waals surface area (Å²) in [4.78, 5) is 19.2. The van der Waals surface area contributed by atoms with Crippen LogP contribution in [0.15, 0.2) is 12.7 Å². The van der Waals surface area contributed by atoms with Gasteiger partial charge in [-0.1, -0.05) is 12.8 Å². The van der Waals surface area contributed by atoms with Crippen molar-refractivity contribution in [1.29, 1.82) is 0 Å². The molecule has 21 heavy (non-hydrogen) atoms. The average molecular weight is 289 g/mol. The van der Waals surface area contributed by atoms with Crippen LogP contribution in [0.3, 0.4) is 0 Å². The molecular weight excluding hydrogens is 270 g/mol. The number of anilines is 2. The van der Waals surface area contributed by atoms with Crippen molar-refractivity contribution < 1.29 is 0 Å². The van der Waals surface area contributed by atoms with E-state index in [-0.39, 0.29) is 0 Å². The maximum Gasteiger partial charge on any atom is 0.258 e. The van der Waals surface area contributed by atoms with Crippen LogP contribution in [0.4, 0.5) is 11.9 Å². The summed E-state index contributed by atoms with van der Waals surface area (Å²) in [6.45, 7) is 3.13. The SMILES string of the molecule is CC1CCCCCN1c1nc(NN)nc(-n2cncn2)n1. The van der Waals surface area contributed by atoms with E-state index in [0.29, 0.717) is 23.9 Å². The van der Waals surface area contributed by atoms with Gasteiger partial charge in [0, 0.05) is 12.6 Å². The maximum atomic E-state index is 5.47. The lowest BCUT2D eigenvalue weighted by atomic mass is 10.1. The first-order valence-electron chi connectivity index (χ1n) is 7.12. The van der Waals surface area contributed by atoms with Gasteiger partial charge in [-0.05, 0) is 19.8 Å². The standard InChI is InChI=1S/C12H19N9/c1-9-5-3-2-4-6-20(9)11-16-10(19-13)17-12(18-11)21-8-14-7-15-21/h7-9H,2-6,13H2,1H3,(H,16,17,18,19). The number of nitrogens with one attached hydrogen (secondary N) is 1. The summed E-state index contributed by atoms with van der Waals surface area (Å²) in [5.41, 5.74) is 2.49. The number of aromatic nitrogens is 6. The van der Waals surface area contributed by atoms with Gasteiger partial charge in [-0.2, -0.15) is 24.7 Å². The molecule has 1 unspecified atom stereocenters. The van der Waals surface area contributed by atoms with E-state index in [4.69, 9.17) is 5.84 Å². The fourth-order valence-corrected chi connectivity index (χ4v) is 2.53. The molecule has 1 atom stereocenters. The van der Waals surface area contributed by atoms with Crippen LogP contribution in [-0.4, -0.2) is 42.3 Å². The lowest BCUT2D eigenvalue weighted by Crippen LogP contribution is -2.34. The lowest BCUT2D eigenvalue weighted by molar-refractivity contribution is 0.602. The molecule has 3 N–H and O–H groups in total. The molecule has 1 aliphatic heterocycles. The summed E-state index contributed by atoms with van der Waals surface area (Å²) in [5.74, 6) is 6.82. The van der Waals surface area contributed by atoms with Gasteiger partial charge in [0.25, 0.3) is 5.95 Å². The largest absolute Gasteiger partial charge is 0.338 e. The first-order valence-corrected chi connectivity index (χ1v) is 7.12. The summed E-state index contributed by atoms with van der Waals surface area (Å²) < 4.78 is 1.49. The van der Waals surface area contributed by atoms with Crippen LogP contribution in [-0.2, 0) is 0 Å². The van der Waals surface area contributed by atoms with E-state index in [1.54, 1.807) is 6.33 Å². The Hall–Kier alpha value is -2.29. The summed E-state index contributed by atoms with van der Waals surface area (Å²) in [7, 11) is 0. The lowest BCUT2D eigenvalue weighted by Gasteiger charge is -2.27. The normalized spacial score (nSPS) is 19.3. The second kappa shape index (κ2) is 6.00. The number of hydrogen-bond acceptors (Lipinski definition) is 8. The molecule has 3 heterocycles. The fraction of sp³-hybridized carbons (Fsp3) is 0.583. The first-order chi connectivity index (χ1) is 10.3. The Balaban J connectivity index is 1.99. The van der Waals surface area contributed by atoms with Gasteiger partial charge in [0.1, 0.15) is 12.7 Å². The van der Waals surface area contributed by atoms with Gasteiger partial charge >= 0.3 is 0 Å². The highest BCUT2D eigenvalue weighted by atomic mass is 15.4. The van der Waals surface area contributed by atoms with Gasteiger partial charge in [0.2, 0.25) is 11.9 Å². The van der Waals surface area contributed by atoms with Crippen molar-refractivity contribution in [2.45, 2.75) is 38.6 Å². The zero-order chi connectivity index (χ0) is 14.7. The van der Waals surface area contributed by atoms with Crippen LogP contribution in [0.1, 0.15) is 32.6 Å². The third-order valence-corrected chi connectivity index (χ3v) is 3.67. The van der Waals surface area contributed by atoms with E-state index in [2.05, 4.69) is 42.3 Å². The molecule has 0 radical (unpaired) electrons. The first kappa shape index (κ1) is 13.7. The molecule has 0 amide bonds. The van der Waals surface area contributed by atoms with Crippen molar-refractivity contribution in [3.8, 4) is 5.95 Å². The second-order valence-electron chi connectivity index (χ2n) is 5.14. The number of hydrogen-bond donors (Lipinski definition) is 2. The van der Waals surface area contributed by atoms with E-state index in [1.807, 2.05) is 0 Å². The monoisotopic (exact) mass is 289 g/mol. The van der Waals surface area contributed by atoms with Crippen molar-refractivity contribution in [3.63, 3.8) is 0 Å². The Morgan fingerprint density at radius 1 is 1.19 bits per heavy atom. The third kappa shape index (κ3) is 2.92. The van der Waals surface area contributed by atoms with Gasteiger partial charge in [0.05, 0.1) is 0 Å². The quantitative estimate of drug-likeness (QED) is 0.621.